The molecule has 1 aliphatic heterocycles. The highest BCUT2D eigenvalue weighted by Gasteiger charge is 2.32. The fraction of sp³-hybridized carbons (Fsp3) is 0.636. The van der Waals surface area contributed by atoms with Crippen LogP contribution in [0, 0.1) is 5.92 Å². The van der Waals surface area contributed by atoms with Gasteiger partial charge in [-0.1, -0.05) is 6.92 Å². The molecule has 1 unspecified atom stereocenters. The average Bonchev–Trinajstić information content (AvgIpc) is 2.71. The lowest BCUT2D eigenvalue weighted by atomic mass is 10.0. The predicted molar refractivity (Wildman–Crippen MR) is 71.5 cm³/mol. The highest BCUT2D eigenvalue weighted by Crippen LogP contribution is 2.30. The summed E-state index contributed by atoms with van der Waals surface area (Å²) in [6.07, 6.45) is 1.98. The molecule has 1 atom stereocenters. The van der Waals surface area contributed by atoms with E-state index in [1.807, 2.05) is 0 Å². The van der Waals surface area contributed by atoms with Crippen molar-refractivity contribution in [2.45, 2.75) is 31.2 Å². The standard InChI is InChI=1S/C11H17BrN2O3S/c1-8-3-2-4-14(7-8)18(15,16)10-5-9(6-13)17-11(10)12/h5,8H,2-4,6-7,13H2,1H3. The number of sulfonamides is 1. The van der Waals surface area contributed by atoms with Crippen LogP contribution in [0.5, 0.6) is 0 Å². The Kier molecular flexibility index (Phi) is 4.15. The predicted octanol–water partition coefficient (Wildman–Crippen LogP) is 1.92. The van der Waals surface area contributed by atoms with Crippen molar-refractivity contribution in [3.63, 3.8) is 0 Å². The summed E-state index contributed by atoms with van der Waals surface area (Å²) in [7, 11) is -3.48. The van der Waals surface area contributed by atoms with Crippen molar-refractivity contribution in [1.29, 1.82) is 0 Å². The molecule has 2 rings (SSSR count). The van der Waals surface area contributed by atoms with E-state index in [4.69, 9.17) is 10.2 Å². The molecule has 0 aliphatic carbocycles. The highest BCUT2D eigenvalue weighted by atomic mass is 79.9. The number of rotatable bonds is 3. The van der Waals surface area contributed by atoms with Gasteiger partial charge in [0, 0.05) is 19.2 Å². The molecule has 0 aromatic carbocycles. The highest BCUT2D eigenvalue weighted by molar-refractivity contribution is 9.10. The van der Waals surface area contributed by atoms with Crippen LogP contribution in [0.2, 0.25) is 0 Å². The van der Waals surface area contributed by atoms with Gasteiger partial charge in [-0.3, -0.25) is 0 Å². The Morgan fingerprint density at radius 2 is 2.33 bits per heavy atom. The molecule has 18 heavy (non-hydrogen) atoms. The maximum Gasteiger partial charge on any atom is 0.247 e. The van der Waals surface area contributed by atoms with Crippen LogP contribution in [-0.2, 0) is 16.6 Å². The van der Waals surface area contributed by atoms with Gasteiger partial charge in [0.1, 0.15) is 10.7 Å². The lowest BCUT2D eigenvalue weighted by Gasteiger charge is -2.29. The van der Waals surface area contributed by atoms with E-state index in [1.165, 1.54) is 10.4 Å². The van der Waals surface area contributed by atoms with Crippen molar-refractivity contribution in [2.75, 3.05) is 13.1 Å². The molecule has 1 aliphatic rings. The van der Waals surface area contributed by atoms with Gasteiger partial charge >= 0.3 is 0 Å². The minimum absolute atomic E-state index is 0.178. The second kappa shape index (κ2) is 5.32. The third kappa shape index (κ3) is 2.64. The summed E-state index contributed by atoms with van der Waals surface area (Å²) in [5.41, 5.74) is 5.45. The van der Waals surface area contributed by atoms with Crippen LogP contribution in [0.25, 0.3) is 0 Å². The number of piperidine rings is 1. The minimum Gasteiger partial charge on any atom is -0.452 e. The molecule has 7 heteroatoms. The molecule has 102 valence electrons. The zero-order chi connectivity index (χ0) is 13.3. The van der Waals surface area contributed by atoms with Gasteiger partial charge < -0.3 is 10.2 Å². The molecule has 0 spiro atoms. The molecule has 1 fully saturated rings. The van der Waals surface area contributed by atoms with E-state index in [9.17, 15) is 8.42 Å². The average molecular weight is 337 g/mol. The molecule has 1 aromatic rings. The number of nitrogens with two attached hydrogens (primary N) is 1. The summed E-state index contributed by atoms with van der Waals surface area (Å²) < 4.78 is 32.0. The van der Waals surface area contributed by atoms with E-state index in [2.05, 4.69) is 22.9 Å². The van der Waals surface area contributed by atoms with Crippen LogP contribution < -0.4 is 5.73 Å². The first-order valence-corrected chi connectivity index (χ1v) is 8.17. The van der Waals surface area contributed by atoms with Gasteiger partial charge in [0.15, 0.2) is 4.67 Å². The largest absolute Gasteiger partial charge is 0.452 e. The Balaban J connectivity index is 2.32. The van der Waals surface area contributed by atoms with Gasteiger partial charge in [0.25, 0.3) is 0 Å². The monoisotopic (exact) mass is 336 g/mol. The molecule has 2 N–H and O–H groups in total. The zero-order valence-corrected chi connectivity index (χ0v) is 12.6. The van der Waals surface area contributed by atoms with Crippen LogP contribution in [0.15, 0.2) is 20.0 Å². The molecule has 1 saturated heterocycles. The number of hydrogen-bond acceptors (Lipinski definition) is 4. The maximum atomic E-state index is 12.5. The van der Waals surface area contributed by atoms with Gasteiger partial charge in [-0.25, -0.2) is 8.42 Å². The Hall–Kier alpha value is -0.370. The molecule has 0 saturated carbocycles. The van der Waals surface area contributed by atoms with Crippen LogP contribution in [-0.4, -0.2) is 25.8 Å². The molecule has 5 nitrogen and oxygen atoms in total. The lowest BCUT2D eigenvalue weighted by molar-refractivity contribution is 0.281. The summed E-state index contributed by atoms with van der Waals surface area (Å²) in [5, 5.41) is 0. The first kappa shape index (κ1) is 14.0. The van der Waals surface area contributed by atoms with Crippen LogP contribution >= 0.6 is 15.9 Å². The van der Waals surface area contributed by atoms with Gasteiger partial charge in [-0.15, -0.1) is 0 Å². The summed E-state index contributed by atoms with van der Waals surface area (Å²) >= 11 is 3.15. The Morgan fingerprint density at radius 3 is 2.89 bits per heavy atom. The smallest absolute Gasteiger partial charge is 0.247 e. The van der Waals surface area contributed by atoms with Crippen molar-refractivity contribution in [2.24, 2.45) is 11.7 Å². The van der Waals surface area contributed by atoms with Gasteiger partial charge in [0.05, 0.1) is 6.54 Å². The molecule has 2 heterocycles. The number of hydrogen-bond donors (Lipinski definition) is 1. The lowest BCUT2D eigenvalue weighted by Crippen LogP contribution is -2.39. The van der Waals surface area contributed by atoms with E-state index in [0.717, 1.165) is 12.8 Å². The Labute approximate surface area is 116 Å². The zero-order valence-electron chi connectivity index (χ0n) is 10.2. The summed E-state index contributed by atoms with van der Waals surface area (Å²) in [6.45, 7) is 3.39. The number of halogens is 1. The van der Waals surface area contributed by atoms with Gasteiger partial charge in [-0.2, -0.15) is 4.31 Å². The third-order valence-corrected chi connectivity index (χ3v) is 5.87. The van der Waals surface area contributed by atoms with Crippen LogP contribution in [0.1, 0.15) is 25.5 Å². The summed E-state index contributed by atoms with van der Waals surface area (Å²) in [5.74, 6) is 0.860. The number of nitrogens with zero attached hydrogens (tertiary/aromatic N) is 1. The SMILES string of the molecule is CC1CCCN(S(=O)(=O)c2cc(CN)oc2Br)C1. The molecule has 0 radical (unpaired) electrons. The van der Waals surface area contributed by atoms with Crippen molar-refractivity contribution >= 4 is 26.0 Å². The quantitative estimate of drug-likeness (QED) is 0.914. The molecule has 0 amide bonds. The molecular formula is C11H17BrN2O3S. The third-order valence-electron chi connectivity index (χ3n) is 3.15. The Morgan fingerprint density at radius 1 is 1.61 bits per heavy atom. The van der Waals surface area contributed by atoms with E-state index in [1.54, 1.807) is 0 Å². The second-order valence-corrected chi connectivity index (χ2v) is 7.29. The van der Waals surface area contributed by atoms with Crippen LogP contribution in [0.3, 0.4) is 0 Å². The van der Waals surface area contributed by atoms with Crippen molar-refractivity contribution in [3.8, 4) is 0 Å². The first-order valence-electron chi connectivity index (χ1n) is 5.93. The second-order valence-electron chi connectivity index (χ2n) is 4.67. The number of furan rings is 1. The van der Waals surface area contributed by atoms with E-state index >= 15 is 0 Å². The fourth-order valence-corrected chi connectivity index (χ4v) is 4.74. The topological polar surface area (TPSA) is 76.5 Å². The van der Waals surface area contributed by atoms with Gasteiger partial charge in [-0.05, 0) is 34.7 Å². The summed E-state index contributed by atoms with van der Waals surface area (Å²) in [4.78, 5) is 0.178. The molecule has 1 aromatic heterocycles. The van der Waals surface area contributed by atoms with Crippen molar-refractivity contribution in [3.05, 3.63) is 16.5 Å². The Bertz CT molecular complexity index is 526. The van der Waals surface area contributed by atoms with Crippen LogP contribution in [0.4, 0.5) is 0 Å². The van der Waals surface area contributed by atoms with E-state index in [0.29, 0.717) is 24.8 Å². The summed E-state index contributed by atoms with van der Waals surface area (Å²) in [6, 6.07) is 1.50. The van der Waals surface area contributed by atoms with Gasteiger partial charge in [0.2, 0.25) is 10.0 Å². The minimum atomic E-state index is -3.48. The van der Waals surface area contributed by atoms with E-state index in [-0.39, 0.29) is 16.1 Å². The maximum absolute atomic E-state index is 12.5. The first-order chi connectivity index (χ1) is 8.45. The van der Waals surface area contributed by atoms with Crippen molar-refractivity contribution < 1.29 is 12.8 Å². The van der Waals surface area contributed by atoms with Crippen molar-refractivity contribution in [1.82, 2.24) is 4.31 Å². The normalized spacial score (nSPS) is 22.3. The van der Waals surface area contributed by atoms with E-state index < -0.39 is 10.0 Å². The molecule has 0 bridgehead atoms. The fourth-order valence-electron chi connectivity index (χ4n) is 2.18. The molecular weight excluding hydrogens is 320 g/mol.